The van der Waals surface area contributed by atoms with Crippen LogP contribution in [-0.2, 0) is 6.54 Å². The molecule has 1 saturated carbocycles. The van der Waals surface area contributed by atoms with Crippen LogP contribution in [0.2, 0.25) is 5.02 Å². The Labute approximate surface area is 108 Å². The fourth-order valence-electron chi connectivity index (χ4n) is 1.60. The molecule has 0 aliphatic heterocycles. The summed E-state index contributed by atoms with van der Waals surface area (Å²) in [5, 5.41) is 7.18. The van der Waals surface area contributed by atoms with Crippen molar-refractivity contribution in [2.24, 2.45) is 0 Å². The molecule has 4 nitrogen and oxygen atoms in total. The van der Waals surface area contributed by atoms with Gasteiger partial charge in [0, 0.05) is 11.6 Å². The number of hydrogen-bond donors (Lipinski definition) is 1. The van der Waals surface area contributed by atoms with Gasteiger partial charge in [0.1, 0.15) is 5.82 Å². The molecule has 1 aliphatic rings. The molecule has 1 aromatic carbocycles. The average molecular weight is 268 g/mol. The van der Waals surface area contributed by atoms with Gasteiger partial charge in [-0.3, -0.25) is 0 Å². The highest BCUT2D eigenvalue weighted by molar-refractivity contribution is 6.31. The number of benzene rings is 1. The maximum atomic E-state index is 13.0. The normalized spacial score (nSPS) is 15.0. The van der Waals surface area contributed by atoms with Crippen LogP contribution in [0.15, 0.2) is 22.7 Å². The molecule has 94 valence electrons. The van der Waals surface area contributed by atoms with E-state index in [-0.39, 0.29) is 5.02 Å². The van der Waals surface area contributed by atoms with Crippen molar-refractivity contribution in [1.82, 2.24) is 15.5 Å². The maximum Gasteiger partial charge on any atom is 0.240 e. The van der Waals surface area contributed by atoms with Gasteiger partial charge in [-0.25, -0.2) is 4.39 Å². The van der Waals surface area contributed by atoms with Crippen LogP contribution in [0.4, 0.5) is 4.39 Å². The molecule has 6 heteroatoms. The van der Waals surface area contributed by atoms with Gasteiger partial charge >= 0.3 is 0 Å². The summed E-state index contributed by atoms with van der Waals surface area (Å²) in [6.07, 6.45) is 2.41. The highest BCUT2D eigenvalue weighted by atomic mass is 35.5. The zero-order valence-corrected chi connectivity index (χ0v) is 10.2. The molecule has 0 saturated heterocycles. The molecule has 1 heterocycles. The molecule has 1 N–H and O–H groups in total. The molecule has 0 unspecified atom stereocenters. The molecular weight excluding hydrogens is 257 g/mol. The predicted molar refractivity (Wildman–Crippen MR) is 64.6 cm³/mol. The van der Waals surface area contributed by atoms with E-state index in [1.807, 2.05) is 0 Å². The first-order valence-corrected chi connectivity index (χ1v) is 6.11. The second-order valence-electron chi connectivity index (χ2n) is 4.30. The van der Waals surface area contributed by atoms with Crippen LogP contribution in [0.1, 0.15) is 18.7 Å². The lowest BCUT2D eigenvalue weighted by atomic mass is 10.2. The smallest absolute Gasteiger partial charge is 0.240 e. The van der Waals surface area contributed by atoms with Crippen molar-refractivity contribution in [1.29, 1.82) is 0 Å². The predicted octanol–water partition coefficient (Wildman–Crippen LogP) is 2.78. The van der Waals surface area contributed by atoms with Crippen molar-refractivity contribution < 1.29 is 8.91 Å². The highest BCUT2D eigenvalue weighted by Crippen LogP contribution is 2.23. The largest absolute Gasteiger partial charge is 0.338 e. The Morgan fingerprint density at radius 2 is 2.28 bits per heavy atom. The minimum Gasteiger partial charge on any atom is -0.338 e. The number of rotatable bonds is 4. The van der Waals surface area contributed by atoms with E-state index in [9.17, 15) is 4.39 Å². The van der Waals surface area contributed by atoms with Crippen molar-refractivity contribution in [2.75, 3.05) is 0 Å². The van der Waals surface area contributed by atoms with Crippen LogP contribution in [0.5, 0.6) is 0 Å². The van der Waals surface area contributed by atoms with Gasteiger partial charge in [-0.2, -0.15) is 4.98 Å². The van der Waals surface area contributed by atoms with Gasteiger partial charge in [0.15, 0.2) is 0 Å². The molecule has 0 bridgehead atoms. The second-order valence-corrected chi connectivity index (χ2v) is 4.70. The van der Waals surface area contributed by atoms with Crippen LogP contribution in [0, 0.1) is 5.82 Å². The fraction of sp³-hybridized carbons (Fsp3) is 0.333. The monoisotopic (exact) mass is 267 g/mol. The summed E-state index contributed by atoms with van der Waals surface area (Å²) < 4.78 is 18.1. The number of halogens is 2. The Hall–Kier alpha value is -1.46. The van der Waals surface area contributed by atoms with Crippen LogP contribution >= 0.6 is 11.6 Å². The van der Waals surface area contributed by atoms with Crippen LogP contribution in [-0.4, -0.2) is 16.2 Å². The third kappa shape index (κ3) is 2.52. The summed E-state index contributed by atoms with van der Waals surface area (Å²) in [7, 11) is 0. The third-order valence-electron chi connectivity index (χ3n) is 2.77. The molecule has 0 atom stereocenters. The summed E-state index contributed by atoms with van der Waals surface area (Å²) in [6, 6.07) is 4.93. The minimum atomic E-state index is -0.459. The van der Waals surface area contributed by atoms with Crippen molar-refractivity contribution in [2.45, 2.75) is 25.4 Å². The Bertz CT molecular complexity index is 568. The van der Waals surface area contributed by atoms with Gasteiger partial charge in [0.2, 0.25) is 11.7 Å². The van der Waals surface area contributed by atoms with Crippen LogP contribution < -0.4 is 5.32 Å². The van der Waals surface area contributed by atoms with E-state index in [0.29, 0.717) is 29.9 Å². The van der Waals surface area contributed by atoms with Crippen molar-refractivity contribution in [3.63, 3.8) is 0 Å². The lowest BCUT2D eigenvalue weighted by molar-refractivity contribution is 0.367. The molecule has 3 rings (SSSR count). The first-order chi connectivity index (χ1) is 8.72. The van der Waals surface area contributed by atoms with Gasteiger partial charge < -0.3 is 9.84 Å². The molecule has 18 heavy (non-hydrogen) atoms. The van der Waals surface area contributed by atoms with E-state index in [1.54, 1.807) is 6.07 Å². The molecule has 1 aliphatic carbocycles. The number of nitrogens with one attached hydrogen (secondary N) is 1. The van der Waals surface area contributed by atoms with E-state index >= 15 is 0 Å². The Morgan fingerprint density at radius 1 is 1.44 bits per heavy atom. The van der Waals surface area contributed by atoms with Crippen LogP contribution in [0.25, 0.3) is 11.4 Å². The van der Waals surface area contributed by atoms with Gasteiger partial charge in [0.25, 0.3) is 0 Å². The molecular formula is C12H11ClFN3O. The number of nitrogens with zero attached hydrogens (tertiary/aromatic N) is 2. The van der Waals surface area contributed by atoms with Gasteiger partial charge in [-0.05, 0) is 31.0 Å². The Balaban J connectivity index is 1.76. The quantitative estimate of drug-likeness (QED) is 0.925. The number of hydrogen-bond acceptors (Lipinski definition) is 4. The van der Waals surface area contributed by atoms with E-state index in [0.717, 1.165) is 0 Å². The number of aromatic nitrogens is 2. The Morgan fingerprint density at radius 3 is 3.00 bits per heavy atom. The van der Waals surface area contributed by atoms with Gasteiger partial charge in [-0.1, -0.05) is 16.8 Å². The molecule has 2 aromatic rings. The first kappa shape index (κ1) is 11.6. The van der Waals surface area contributed by atoms with Crippen LogP contribution in [0.3, 0.4) is 0 Å². The Kier molecular flexibility index (Phi) is 3.01. The summed E-state index contributed by atoms with van der Waals surface area (Å²) >= 11 is 5.71. The summed E-state index contributed by atoms with van der Waals surface area (Å²) in [4.78, 5) is 4.23. The SMILES string of the molecule is Fc1ccc(-c2noc(CNC3CC3)n2)cc1Cl. The summed E-state index contributed by atoms with van der Waals surface area (Å²) in [5.41, 5.74) is 0.642. The lowest BCUT2D eigenvalue weighted by Crippen LogP contribution is -2.15. The first-order valence-electron chi connectivity index (χ1n) is 5.74. The second kappa shape index (κ2) is 4.66. The molecule has 1 fully saturated rings. The zero-order chi connectivity index (χ0) is 12.5. The van der Waals surface area contributed by atoms with E-state index < -0.39 is 5.82 Å². The third-order valence-corrected chi connectivity index (χ3v) is 3.05. The maximum absolute atomic E-state index is 13.0. The standard InChI is InChI=1S/C12H11ClFN3O/c13-9-5-7(1-4-10(9)14)12-16-11(18-17-12)6-15-8-2-3-8/h1,4-5,8,15H,2-3,6H2. The van der Waals surface area contributed by atoms with Gasteiger partial charge in [0.05, 0.1) is 11.6 Å². The highest BCUT2D eigenvalue weighted by Gasteiger charge is 2.21. The van der Waals surface area contributed by atoms with Crippen molar-refractivity contribution in [3.8, 4) is 11.4 Å². The van der Waals surface area contributed by atoms with Crippen molar-refractivity contribution in [3.05, 3.63) is 34.9 Å². The van der Waals surface area contributed by atoms with E-state index in [1.165, 1.54) is 25.0 Å². The van der Waals surface area contributed by atoms with E-state index in [4.69, 9.17) is 16.1 Å². The fourth-order valence-corrected chi connectivity index (χ4v) is 1.78. The summed E-state index contributed by atoms with van der Waals surface area (Å²) in [5.74, 6) is 0.487. The van der Waals surface area contributed by atoms with E-state index in [2.05, 4.69) is 15.5 Å². The molecule has 0 amide bonds. The van der Waals surface area contributed by atoms with Crippen molar-refractivity contribution >= 4 is 11.6 Å². The minimum absolute atomic E-state index is 0.0509. The van der Waals surface area contributed by atoms with Gasteiger partial charge in [-0.15, -0.1) is 0 Å². The molecule has 1 aromatic heterocycles. The lowest BCUT2D eigenvalue weighted by Gasteiger charge is -1.97. The zero-order valence-electron chi connectivity index (χ0n) is 9.49. The molecule has 0 radical (unpaired) electrons. The topological polar surface area (TPSA) is 51.0 Å². The molecule has 0 spiro atoms. The summed E-state index contributed by atoms with van der Waals surface area (Å²) in [6.45, 7) is 0.562. The average Bonchev–Trinajstić information content (AvgIpc) is 3.08.